The van der Waals surface area contributed by atoms with Crippen molar-refractivity contribution in [2.45, 2.75) is 0 Å². The average molecular weight is 727 g/mol. The lowest BCUT2D eigenvalue weighted by atomic mass is 10.0. The molecule has 0 radical (unpaired) electrons. The number of para-hydroxylation sites is 4. The SMILES string of the molecule is c1ccc(-n2c3ccc(-c4cccc(-n5c6ccccc6c6ccc(-c7cccc(-n8c9ccccc9c9ccccc98)c7)cc65)c4)cc3c3ccncc32)cc1. The molecule has 0 saturated heterocycles. The lowest BCUT2D eigenvalue weighted by Crippen LogP contribution is -1.95. The lowest BCUT2D eigenvalue weighted by molar-refractivity contribution is 1.17. The number of pyridine rings is 1. The predicted octanol–water partition coefficient (Wildman–Crippen LogP) is 13.7. The van der Waals surface area contributed by atoms with Crippen molar-refractivity contribution in [3.05, 3.63) is 207 Å². The van der Waals surface area contributed by atoms with Crippen LogP contribution in [-0.4, -0.2) is 18.7 Å². The van der Waals surface area contributed by atoms with E-state index in [-0.39, 0.29) is 0 Å². The minimum Gasteiger partial charge on any atom is -0.309 e. The number of hydrogen-bond acceptors (Lipinski definition) is 1. The smallest absolute Gasteiger partial charge is 0.0724 e. The predicted molar refractivity (Wildman–Crippen MR) is 238 cm³/mol. The summed E-state index contributed by atoms with van der Waals surface area (Å²) >= 11 is 0. The quantitative estimate of drug-likeness (QED) is 0.174. The largest absolute Gasteiger partial charge is 0.309 e. The first kappa shape index (κ1) is 31.6. The van der Waals surface area contributed by atoms with Gasteiger partial charge in [-0.15, -0.1) is 0 Å². The Bertz CT molecular complexity index is 3470. The van der Waals surface area contributed by atoms with Gasteiger partial charge in [0.1, 0.15) is 0 Å². The third-order valence-corrected chi connectivity index (χ3v) is 11.7. The van der Waals surface area contributed by atoms with Gasteiger partial charge in [0, 0.05) is 55.6 Å². The van der Waals surface area contributed by atoms with Crippen LogP contribution in [0.1, 0.15) is 0 Å². The number of rotatable bonds is 5. The summed E-state index contributed by atoms with van der Waals surface area (Å²) in [6, 6.07) is 70.6. The summed E-state index contributed by atoms with van der Waals surface area (Å²) in [5.41, 5.74) is 15.2. The maximum atomic E-state index is 4.50. The van der Waals surface area contributed by atoms with Crippen molar-refractivity contribution in [2.75, 3.05) is 0 Å². The van der Waals surface area contributed by atoms with E-state index in [1.807, 2.05) is 12.4 Å². The lowest BCUT2D eigenvalue weighted by Gasteiger charge is -2.13. The van der Waals surface area contributed by atoms with Gasteiger partial charge in [-0.2, -0.15) is 0 Å². The molecule has 0 N–H and O–H groups in total. The molecule has 0 aliphatic carbocycles. The molecule has 4 nitrogen and oxygen atoms in total. The van der Waals surface area contributed by atoms with Gasteiger partial charge in [-0.3, -0.25) is 4.98 Å². The molecule has 0 unspecified atom stereocenters. The molecule has 4 heterocycles. The van der Waals surface area contributed by atoms with Gasteiger partial charge in [-0.25, -0.2) is 0 Å². The summed E-state index contributed by atoms with van der Waals surface area (Å²) in [6.07, 6.45) is 3.86. The number of benzene rings is 8. The average Bonchev–Trinajstić information content (AvgIpc) is 3.92. The molecule has 12 rings (SSSR count). The van der Waals surface area contributed by atoms with Gasteiger partial charge >= 0.3 is 0 Å². The molecule has 0 aliphatic heterocycles. The van der Waals surface area contributed by atoms with E-state index in [0.717, 1.165) is 22.6 Å². The maximum Gasteiger partial charge on any atom is 0.0724 e. The van der Waals surface area contributed by atoms with E-state index in [4.69, 9.17) is 0 Å². The Hall–Kier alpha value is -7.69. The molecule has 57 heavy (non-hydrogen) atoms. The van der Waals surface area contributed by atoms with E-state index < -0.39 is 0 Å². The van der Waals surface area contributed by atoms with Crippen LogP contribution < -0.4 is 0 Å². The molecule has 0 amide bonds. The fraction of sp³-hybridized carbons (Fsp3) is 0. The van der Waals surface area contributed by atoms with Crippen LogP contribution in [0.5, 0.6) is 0 Å². The number of aromatic nitrogens is 4. The second-order valence-electron chi connectivity index (χ2n) is 14.9. The van der Waals surface area contributed by atoms with Crippen molar-refractivity contribution in [1.82, 2.24) is 18.7 Å². The number of hydrogen-bond donors (Lipinski definition) is 0. The second kappa shape index (κ2) is 12.4. The van der Waals surface area contributed by atoms with Crippen LogP contribution in [0.15, 0.2) is 207 Å². The second-order valence-corrected chi connectivity index (χ2v) is 14.9. The molecule has 0 saturated carbocycles. The highest BCUT2D eigenvalue weighted by molar-refractivity contribution is 6.12. The molecule has 0 aliphatic rings. The molecule has 4 aromatic heterocycles. The van der Waals surface area contributed by atoms with Crippen LogP contribution in [-0.2, 0) is 0 Å². The first-order valence-electron chi connectivity index (χ1n) is 19.5. The Kier molecular flexibility index (Phi) is 6.89. The van der Waals surface area contributed by atoms with Gasteiger partial charge in [0.05, 0.1) is 39.3 Å². The van der Waals surface area contributed by atoms with E-state index in [0.29, 0.717) is 0 Å². The zero-order valence-electron chi connectivity index (χ0n) is 30.9. The molecule has 4 heteroatoms. The highest BCUT2D eigenvalue weighted by Gasteiger charge is 2.17. The topological polar surface area (TPSA) is 27.7 Å². The van der Waals surface area contributed by atoms with E-state index in [9.17, 15) is 0 Å². The molecular weight excluding hydrogens is 693 g/mol. The molecule has 0 spiro atoms. The maximum absolute atomic E-state index is 4.50. The Morgan fingerprint density at radius 1 is 0.263 bits per heavy atom. The summed E-state index contributed by atoms with van der Waals surface area (Å²) in [5.74, 6) is 0. The number of nitrogens with zero attached hydrogens (tertiary/aromatic N) is 4. The summed E-state index contributed by atoms with van der Waals surface area (Å²) in [4.78, 5) is 4.50. The van der Waals surface area contributed by atoms with E-state index >= 15 is 0 Å². The summed E-state index contributed by atoms with van der Waals surface area (Å²) in [5, 5.41) is 7.42. The monoisotopic (exact) mass is 726 g/mol. The fourth-order valence-corrected chi connectivity index (χ4v) is 9.18. The van der Waals surface area contributed by atoms with Gasteiger partial charge in [-0.1, -0.05) is 115 Å². The molecule has 12 aromatic rings. The Morgan fingerprint density at radius 3 is 1.37 bits per heavy atom. The van der Waals surface area contributed by atoms with Gasteiger partial charge < -0.3 is 13.7 Å². The highest BCUT2D eigenvalue weighted by atomic mass is 15.0. The number of fused-ring (bicyclic) bond motifs is 9. The van der Waals surface area contributed by atoms with Crippen molar-refractivity contribution in [3.8, 4) is 39.3 Å². The molecule has 0 bridgehead atoms. The van der Waals surface area contributed by atoms with Gasteiger partial charge in [0.25, 0.3) is 0 Å². The van der Waals surface area contributed by atoms with Crippen molar-refractivity contribution in [1.29, 1.82) is 0 Å². The van der Waals surface area contributed by atoms with Crippen molar-refractivity contribution >= 4 is 65.4 Å². The van der Waals surface area contributed by atoms with Gasteiger partial charge in [0.2, 0.25) is 0 Å². The summed E-state index contributed by atoms with van der Waals surface area (Å²) < 4.78 is 7.13. The highest BCUT2D eigenvalue weighted by Crippen LogP contribution is 2.39. The first-order chi connectivity index (χ1) is 28.3. The minimum atomic E-state index is 1.10. The zero-order chi connectivity index (χ0) is 37.5. The van der Waals surface area contributed by atoms with Crippen LogP contribution in [0.4, 0.5) is 0 Å². The fourth-order valence-electron chi connectivity index (χ4n) is 9.18. The summed E-state index contributed by atoms with van der Waals surface area (Å²) in [6.45, 7) is 0. The van der Waals surface area contributed by atoms with Crippen molar-refractivity contribution in [3.63, 3.8) is 0 Å². The Morgan fingerprint density at radius 2 is 0.719 bits per heavy atom. The zero-order valence-corrected chi connectivity index (χ0v) is 30.9. The standard InChI is InChI=1S/C53H34N4/c1-2-14-39(15-3-1)55-51-27-25-37(32-47(51)46-28-29-54-34-53(46)55)35-12-10-17-41(30-35)57-50-23-9-6-20-44(50)45-26-24-38(33-52(45)57)36-13-11-16-40(31-36)56-48-21-7-4-18-42(48)43-19-5-8-22-49(43)56/h1-34H. The molecule has 0 atom stereocenters. The molecular formula is C53H34N4. The molecule has 266 valence electrons. The van der Waals surface area contributed by atoms with Crippen LogP contribution >= 0.6 is 0 Å². The van der Waals surface area contributed by atoms with Gasteiger partial charge in [-0.05, 0) is 101 Å². The minimum absolute atomic E-state index is 1.10. The van der Waals surface area contributed by atoms with E-state index in [1.165, 1.54) is 82.2 Å². The molecule has 8 aromatic carbocycles. The summed E-state index contributed by atoms with van der Waals surface area (Å²) in [7, 11) is 0. The third kappa shape index (κ3) is 4.84. The van der Waals surface area contributed by atoms with Crippen LogP contribution in [0.3, 0.4) is 0 Å². The van der Waals surface area contributed by atoms with Crippen molar-refractivity contribution in [2.24, 2.45) is 0 Å². The molecule has 0 fully saturated rings. The van der Waals surface area contributed by atoms with Crippen molar-refractivity contribution < 1.29 is 0 Å². The van der Waals surface area contributed by atoms with E-state index in [1.54, 1.807) is 0 Å². The van der Waals surface area contributed by atoms with E-state index in [2.05, 4.69) is 213 Å². The normalized spacial score (nSPS) is 11.9. The Balaban J connectivity index is 1.00. The van der Waals surface area contributed by atoms with Crippen LogP contribution in [0.25, 0.3) is 105 Å². The Labute approximate surface area is 328 Å². The third-order valence-electron chi connectivity index (χ3n) is 11.7. The van der Waals surface area contributed by atoms with Gasteiger partial charge in [0.15, 0.2) is 0 Å². The first-order valence-corrected chi connectivity index (χ1v) is 19.5. The van der Waals surface area contributed by atoms with Crippen LogP contribution in [0, 0.1) is 0 Å². The van der Waals surface area contributed by atoms with Crippen LogP contribution in [0.2, 0.25) is 0 Å².